The van der Waals surface area contributed by atoms with E-state index in [2.05, 4.69) is 31.1 Å². The Hall–Kier alpha value is -1.37. The lowest BCUT2D eigenvalue weighted by Gasteiger charge is -2.17. The van der Waals surface area contributed by atoms with Crippen LogP contribution in [0.15, 0.2) is 34.5 Å². The van der Waals surface area contributed by atoms with Crippen LogP contribution in [0.3, 0.4) is 0 Å². The first-order valence-electron chi connectivity index (χ1n) is 6.62. The van der Waals surface area contributed by atoms with Gasteiger partial charge in [0.15, 0.2) is 0 Å². The maximum Gasteiger partial charge on any atom is 0.275 e. The van der Waals surface area contributed by atoms with Crippen LogP contribution in [0.5, 0.6) is 0 Å². The summed E-state index contributed by atoms with van der Waals surface area (Å²) in [6.07, 6.45) is 0. The van der Waals surface area contributed by atoms with Gasteiger partial charge in [0.2, 0.25) is 0 Å². The molecule has 4 nitrogen and oxygen atoms in total. The van der Waals surface area contributed by atoms with Crippen LogP contribution < -0.4 is 11.1 Å². The predicted molar refractivity (Wildman–Crippen MR) is 90.0 cm³/mol. The summed E-state index contributed by atoms with van der Waals surface area (Å²) >= 11 is 3.19. The lowest BCUT2D eigenvalue weighted by molar-refractivity contribution is 0.102. The van der Waals surface area contributed by atoms with Crippen LogP contribution in [0.4, 0.5) is 5.69 Å². The number of nitrogens with zero attached hydrogens (tertiary/aromatic N) is 1. The van der Waals surface area contributed by atoms with Crippen LogP contribution in [0.25, 0.3) is 0 Å². The number of anilines is 1. The normalized spacial score (nSPS) is 11.4. The van der Waals surface area contributed by atoms with E-state index in [9.17, 15) is 4.79 Å². The van der Waals surface area contributed by atoms with Crippen LogP contribution in [-0.4, -0.2) is 15.6 Å². The average Bonchev–Trinajstić information content (AvgIpc) is 2.88. The van der Waals surface area contributed by atoms with Gasteiger partial charge in [0.1, 0.15) is 10.7 Å². The molecule has 0 saturated carbocycles. The van der Waals surface area contributed by atoms with E-state index in [0.29, 0.717) is 12.2 Å². The van der Waals surface area contributed by atoms with E-state index >= 15 is 0 Å². The van der Waals surface area contributed by atoms with Gasteiger partial charge in [-0.3, -0.25) is 4.79 Å². The molecule has 2 rings (SSSR count). The molecule has 0 aliphatic carbocycles. The van der Waals surface area contributed by atoms with E-state index in [0.717, 1.165) is 10.7 Å². The molecule has 0 saturated heterocycles. The van der Waals surface area contributed by atoms with Gasteiger partial charge in [-0.1, -0.05) is 20.8 Å². The Morgan fingerprint density at radius 3 is 2.52 bits per heavy atom. The monoisotopic (exact) mass is 321 g/mol. The maximum atomic E-state index is 12.0. The summed E-state index contributed by atoms with van der Waals surface area (Å²) < 4.78 is 0.171. The Labute approximate surface area is 133 Å². The van der Waals surface area contributed by atoms with Crippen molar-refractivity contribution in [2.75, 3.05) is 5.32 Å². The number of nitrogens with two attached hydrogens (primary N) is 1. The number of thioether (sulfide) groups is 1. The molecule has 0 fully saturated rings. The summed E-state index contributed by atoms with van der Waals surface area (Å²) in [5.41, 5.74) is 6.67. The first-order valence-corrected chi connectivity index (χ1v) is 8.32. The van der Waals surface area contributed by atoms with Crippen LogP contribution >= 0.6 is 23.1 Å². The van der Waals surface area contributed by atoms with E-state index in [1.807, 2.05) is 24.3 Å². The fraction of sp³-hybridized carbons (Fsp3) is 0.333. The van der Waals surface area contributed by atoms with Crippen LogP contribution in [-0.2, 0) is 6.54 Å². The second kappa shape index (κ2) is 6.60. The van der Waals surface area contributed by atoms with Gasteiger partial charge in [-0.05, 0) is 24.3 Å². The van der Waals surface area contributed by atoms with Crippen LogP contribution in [0, 0.1) is 0 Å². The highest BCUT2D eigenvalue weighted by molar-refractivity contribution is 8.00. The minimum atomic E-state index is -0.206. The Morgan fingerprint density at radius 2 is 2.00 bits per heavy atom. The van der Waals surface area contributed by atoms with Crippen LogP contribution in [0.1, 0.15) is 36.3 Å². The lowest BCUT2D eigenvalue weighted by Crippen LogP contribution is -2.12. The molecular weight excluding hydrogens is 302 g/mol. The first kappa shape index (κ1) is 16.0. The SMILES string of the molecule is CC(C)(C)Sc1ccc(NC(=O)c2csc(CN)n2)cc1. The molecular formula is C15H19N3OS2. The maximum absolute atomic E-state index is 12.0. The Bertz CT molecular complexity index is 615. The molecule has 0 atom stereocenters. The fourth-order valence-corrected chi connectivity index (χ4v) is 3.30. The van der Waals surface area contributed by atoms with E-state index < -0.39 is 0 Å². The minimum absolute atomic E-state index is 0.171. The largest absolute Gasteiger partial charge is 0.325 e. The smallest absolute Gasteiger partial charge is 0.275 e. The highest BCUT2D eigenvalue weighted by Gasteiger charge is 2.13. The van der Waals surface area contributed by atoms with Gasteiger partial charge < -0.3 is 11.1 Å². The summed E-state index contributed by atoms with van der Waals surface area (Å²) in [6.45, 7) is 6.87. The summed E-state index contributed by atoms with van der Waals surface area (Å²) in [7, 11) is 0. The van der Waals surface area contributed by atoms with Crippen molar-refractivity contribution in [1.29, 1.82) is 0 Å². The summed E-state index contributed by atoms with van der Waals surface area (Å²) in [5.74, 6) is -0.206. The Kier molecular flexibility index (Phi) is 5.03. The standard InChI is InChI=1S/C15H19N3OS2/c1-15(2,3)21-11-6-4-10(5-7-11)17-14(19)12-9-20-13(8-16)18-12/h4-7,9H,8,16H2,1-3H3,(H,17,19). The van der Waals surface area contributed by atoms with Crippen molar-refractivity contribution in [2.24, 2.45) is 5.73 Å². The van der Waals surface area contributed by atoms with Crippen molar-refractivity contribution in [1.82, 2.24) is 4.98 Å². The van der Waals surface area contributed by atoms with Gasteiger partial charge in [0, 0.05) is 27.3 Å². The molecule has 1 heterocycles. The molecule has 3 N–H and O–H groups in total. The predicted octanol–water partition coefficient (Wildman–Crippen LogP) is 3.74. The number of nitrogens with one attached hydrogen (secondary N) is 1. The third-order valence-electron chi connectivity index (χ3n) is 2.50. The lowest BCUT2D eigenvalue weighted by atomic mass is 10.3. The van der Waals surface area contributed by atoms with Crippen molar-refractivity contribution >= 4 is 34.7 Å². The Balaban J connectivity index is 2.01. The molecule has 6 heteroatoms. The fourth-order valence-electron chi connectivity index (χ4n) is 1.66. The molecule has 0 aliphatic rings. The number of carbonyl (C=O) groups excluding carboxylic acids is 1. The Morgan fingerprint density at radius 1 is 1.33 bits per heavy atom. The second-order valence-corrected chi connectivity index (χ2v) is 8.37. The molecule has 1 amide bonds. The van der Waals surface area contributed by atoms with Crippen molar-refractivity contribution in [3.05, 3.63) is 40.3 Å². The number of rotatable bonds is 4. The number of amides is 1. The van der Waals surface area contributed by atoms with Gasteiger partial charge in [0.25, 0.3) is 5.91 Å². The summed E-state index contributed by atoms with van der Waals surface area (Å²) in [4.78, 5) is 17.4. The van der Waals surface area contributed by atoms with Gasteiger partial charge >= 0.3 is 0 Å². The van der Waals surface area contributed by atoms with E-state index in [-0.39, 0.29) is 10.7 Å². The van der Waals surface area contributed by atoms with Crippen molar-refractivity contribution in [3.8, 4) is 0 Å². The molecule has 1 aromatic heterocycles. The van der Waals surface area contributed by atoms with Crippen molar-refractivity contribution < 1.29 is 4.79 Å². The molecule has 0 unspecified atom stereocenters. The number of carbonyl (C=O) groups is 1. The zero-order valence-electron chi connectivity index (χ0n) is 12.3. The third-order valence-corrected chi connectivity index (χ3v) is 4.49. The summed E-state index contributed by atoms with van der Waals surface area (Å²) in [5, 5.41) is 5.33. The summed E-state index contributed by atoms with van der Waals surface area (Å²) in [6, 6.07) is 7.83. The zero-order chi connectivity index (χ0) is 15.5. The number of benzene rings is 1. The van der Waals surface area contributed by atoms with E-state index in [1.54, 1.807) is 17.1 Å². The minimum Gasteiger partial charge on any atom is -0.325 e. The quantitative estimate of drug-likeness (QED) is 0.842. The molecule has 1 aromatic carbocycles. The molecule has 112 valence electrons. The molecule has 2 aromatic rings. The highest BCUT2D eigenvalue weighted by Crippen LogP contribution is 2.32. The molecule has 0 spiro atoms. The first-order chi connectivity index (χ1) is 9.87. The number of hydrogen-bond donors (Lipinski definition) is 2. The molecule has 21 heavy (non-hydrogen) atoms. The van der Waals surface area contributed by atoms with Crippen LogP contribution in [0.2, 0.25) is 0 Å². The number of hydrogen-bond acceptors (Lipinski definition) is 5. The van der Waals surface area contributed by atoms with Gasteiger partial charge in [-0.25, -0.2) is 4.98 Å². The third kappa shape index (κ3) is 4.84. The highest BCUT2D eigenvalue weighted by atomic mass is 32.2. The number of aromatic nitrogens is 1. The average molecular weight is 321 g/mol. The van der Waals surface area contributed by atoms with Gasteiger partial charge in [-0.2, -0.15) is 0 Å². The van der Waals surface area contributed by atoms with Gasteiger partial charge in [-0.15, -0.1) is 23.1 Å². The number of thiazole rings is 1. The molecule has 0 radical (unpaired) electrons. The van der Waals surface area contributed by atoms with Crippen molar-refractivity contribution in [2.45, 2.75) is 37.0 Å². The second-order valence-electron chi connectivity index (χ2n) is 5.52. The van der Waals surface area contributed by atoms with Crippen molar-refractivity contribution in [3.63, 3.8) is 0 Å². The zero-order valence-corrected chi connectivity index (χ0v) is 14.0. The molecule has 0 aliphatic heterocycles. The molecule has 0 bridgehead atoms. The topological polar surface area (TPSA) is 68.0 Å². The van der Waals surface area contributed by atoms with E-state index in [1.165, 1.54) is 16.2 Å². The van der Waals surface area contributed by atoms with Gasteiger partial charge in [0.05, 0.1) is 0 Å². The van der Waals surface area contributed by atoms with E-state index in [4.69, 9.17) is 5.73 Å².